The van der Waals surface area contributed by atoms with E-state index in [0.29, 0.717) is 0 Å². The molecule has 2 unspecified atom stereocenters. The van der Waals surface area contributed by atoms with Gasteiger partial charge in [-0.05, 0) is 19.4 Å². The predicted molar refractivity (Wildman–Crippen MR) is 72.4 cm³/mol. The molecule has 0 bridgehead atoms. The molecule has 1 aromatic carbocycles. The number of benzene rings is 1. The molecule has 112 valence electrons. The zero-order valence-electron chi connectivity index (χ0n) is 11.5. The monoisotopic (exact) mass is 294 g/mol. The van der Waals surface area contributed by atoms with Gasteiger partial charge in [-0.25, -0.2) is 4.79 Å². The van der Waals surface area contributed by atoms with Crippen molar-refractivity contribution in [2.24, 2.45) is 0 Å². The number of nitro groups is 1. The van der Waals surface area contributed by atoms with Crippen LogP contribution in [0.25, 0.3) is 0 Å². The number of carboxylic acid groups (broad SMARTS) is 1. The maximum absolute atomic E-state index is 12.2. The van der Waals surface area contributed by atoms with Crippen LogP contribution in [0.5, 0.6) is 5.75 Å². The average Bonchev–Trinajstić information content (AvgIpc) is 2.42. The van der Waals surface area contributed by atoms with Crippen molar-refractivity contribution in [3.63, 3.8) is 0 Å². The first-order valence-corrected chi connectivity index (χ1v) is 6.37. The van der Waals surface area contributed by atoms with E-state index in [1.165, 1.54) is 19.1 Å². The largest absolute Gasteiger partial charge is 0.480 e. The van der Waals surface area contributed by atoms with Gasteiger partial charge in [0.25, 0.3) is 11.6 Å². The number of amides is 1. The van der Waals surface area contributed by atoms with E-state index in [1.54, 1.807) is 6.92 Å². The summed E-state index contributed by atoms with van der Waals surface area (Å²) in [5, 5.41) is 20.1. The van der Waals surface area contributed by atoms with Gasteiger partial charge >= 0.3 is 5.97 Å². The topological polar surface area (TPSA) is 110 Å². The van der Waals surface area contributed by atoms with Crippen LogP contribution in [-0.4, -0.2) is 34.1 Å². The van der Waals surface area contributed by atoms with Gasteiger partial charge in [0.05, 0.1) is 10.6 Å². The van der Waals surface area contributed by atoms with Gasteiger partial charge in [0.2, 0.25) is 0 Å². The summed E-state index contributed by atoms with van der Waals surface area (Å²) in [6.07, 6.45) is -0.664. The number of aliphatic carboxylic acids is 1. The highest BCUT2D eigenvalue weighted by Crippen LogP contribution is 2.38. The predicted octanol–water partition coefficient (Wildman–Crippen LogP) is 1.57. The molecule has 0 saturated heterocycles. The Morgan fingerprint density at radius 3 is 2.76 bits per heavy atom. The van der Waals surface area contributed by atoms with Gasteiger partial charge in [0, 0.05) is 12.1 Å². The summed E-state index contributed by atoms with van der Waals surface area (Å²) in [7, 11) is 0. The quantitative estimate of drug-likeness (QED) is 0.666. The summed E-state index contributed by atoms with van der Waals surface area (Å²) in [5.74, 6) is -1.44. The maximum Gasteiger partial charge on any atom is 0.326 e. The second kappa shape index (κ2) is 5.39. The Balaban J connectivity index is 2.59. The van der Waals surface area contributed by atoms with Crippen LogP contribution >= 0.6 is 0 Å². The SMILES string of the molecule is CCC(C(=O)O)N1C(=O)C(C)Oc2ccc([N+](=O)[O-])cc21. The lowest BCUT2D eigenvalue weighted by Gasteiger charge is -2.36. The summed E-state index contributed by atoms with van der Waals surface area (Å²) >= 11 is 0. The molecule has 2 rings (SSSR count). The first-order valence-electron chi connectivity index (χ1n) is 6.37. The number of non-ortho nitro benzene ring substituents is 1. The van der Waals surface area contributed by atoms with E-state index in [0.717, 1.165) is 11.0 Å². The number of rotatable bonds is 4. The van der Waals surface area contributed by atoms with Gasteiger partial charge in [-0.1, -0.05) is 6.92 Å². The third-order valence-corrected chi connectivity index (χ3v) is 3.29. The third kappa shape index (κ3) is 2.51. The first-order chi connectivity index (χ1) is 9.86. The molecule has 8 nitrogen and oxygen atoms in total. The number of hydrogen-bond donors (Lipinski definition) is 1. The molecule has 1 N–H and O–H groups in total. The van der Waals surface area contributed by atoms with E-state index in [9.17, 15) is 24.8 Å². The minimum Gasteiger partial charge on any atom is -0.480 e. The van der Waals surface area contributed by atoms with Gasteiger partial charge in [0.1, 0.15) is 11.8 Å². The molecule has 0 fully saturated rings. The van der Waals surface area contributed by atoms with Gasteiger partial charge < -0.3 is 9.84 Å². The Hall–Kier alpha value is -2.64. The third-order valence-electron chi connectivity index (χ3n) is 3.29. The number of hydrogen-bond acceptors (Lipinski definition) is 5. The summed E-state index contributed by atoms with van der Waals surface area (Å²) in [6.45, 7) is 3.14. The fourth-order valence-corrected chi connectivity index (χ4v) is 2.25. The number of carboxylic acids is 1. The molecule has 1 heterocycles. The molecule has 0 radical (unpaired) electrons. The molecule has 8 heteroatoms. The first kappa shape index (κ1) is 14.8. The molecular weight excluding hydrogens is 280 g/mol. The molecule has 0 aliphatic carbocycles. The molecule has 0 aromatic heterocycles. The van der Waals surface area contributed by atoms with Crippen molar-refractivity contribution in [3.05, 3.63) is 28.3 Å². The minimum absolute atomic E-state index is 0.113. The van der Waals surface area contributed by atoms with Crippen LogP contribution in [0.3, 0.4) is 0 Å². The molecule has 0 saturated carbocycles. The lowest BCUT2D eigenvalue weighted by molar-refractivity contribution is -0.384. The number of nitro benzene ring substituents is 1. The van der Waals surface area contributed by atoms with Crippen LogP contribution in [0, 0.1) is 10.1 Å². The second-order valence-electron chi connectivity index (χ2n) is 4.64. The molecule has 1 aromatic rings. The zero-order valence-corrected chi connectivity index (χ0v) is 11.5. The molecule has 0 spiro atoms. The smallest absolute Gasteiger partial charge is 0.326 e. The van der Waals surface area contributed by atoms with Crippen molar-refractivity contribution in [1.29, 1.82) is 0 Å². The molecule has 1 aliphatic heterocycles. The molecule has 2 atom stereocenters. The summed E-state index contributed by atoms with van der Waals surface area (Å²) in [5.41, 5.74) is -0.119. The van der Waals surface area contributed by atoms with E-state index >= 15 is 0 Å². The Morgan fingerprint density at radius 2 is 2.24 bits per heavy atom. The Bertz CT molecular complexity index is 615. The lowest BCUT2D eigenvalue weighted by atomic mass is 10.1. The van der Waals surface area contributed by atoms with Gasteiger partial charge in [-0.3, -0.25) is 19.8 Å². The van der Waals surface area contributed by atoms with Crippen molar-refractivity contribution < 1.29 is 24.4 Å². The van der Waals surface area contributed by atoms with Crippen molar-refractivity contribution in [2.75, 3.05) is 4.90 Å². The van der Waals surface area contributed by atoms with Crippen LogP contribution in [0.1, 0.15) is 20.3 Å². The Kier molecular flexibility index (Phi) is 3.79. The number of fused-ring (bicyclic) bond motifs is 1. The van der Waals surface area contributed by atoms with Gasteiger partial charge in [-0.15, -0.1) is 0 Å². The normalized spacial score (nSPS) is 18.7. The molecule has 21 heavy (non-hydrogen) atoms. The number of carbonyl (C=O) groups excluding carboxylic acids is 1. The van der Waals surface area contributed by atoms with Crippen LogP contribution in [0.2, 0.25) is 0 Å². The minimum atomic E-state index is -1.17. The van der Waals surface area contributed by atoms with Gasteiger partial charge in [-0.2, -0.15) is 0 Å². The van der Waals surface area contributed by atoms with E-state index in [4.69, 9.17) is 4.74 Å². The second-order valence-corrected chi connectivity index (χ2v) is 4.64. The highest BCUT2D eigenvalue weighted by molar-refractivity contribution is 6.04. The summed E-state index contributed by atoms with van der Waals surface area (Å²) in [4.78, 5) is 34.9. The van der Waals surface area contributed by atoms with Crippen molar-refractivity contribution in [2.45, 2.75) is 32.4 Å². The van der Waals surface area contributed by atoms with Crippen LogP contribution in [0.15, 0.2) is 18.2 Å². The standard InChI is InChI=1S/C13H14N2O6/c1-3-9(13(17)18)14-10-6-8(15(19)20)4-5-11(10)21-7(2)12(14)16/h4-7,9H,3H2,1-2H3,(H,17,18). The highest BCUT2D eigenvalue weighted by Gasteiger charge is 2.39. The maximum atomic E-state index is 12.2. The van der Waals surface area contributed by atoms with E-state index in [1.807, 2.05) is 0 Å². The number of carbonyl (C=O) groups is 2. The van der Waals surface area contributed by atoms with E-state index in [-0.39, 0.29) is 23.5 Å². The lowest BCUT2D eigenvalue weighted by Crippen LogP contribution is -2.52. The number of ether oxygens (including phenoxy) is 1. The Labute approximate surface area is 120 Å². The highest BCUT2D eigenvalue weighted by atomic mass is 16.6. The summed E-state index contributed by atoms with van der Waals surface area (Å²) < 4.78 is 5.38. The Morgan fingerprint density at radius 1 is 1.57 bits per heavy atom. The van der Waals surface area contributed by atoms with Crippen molar-refractivity contribution in [1.82, 2.24) is 0 Å². The molecular formula is C13H14N2O6. The van der Waals surface area contributed by atoms with E-state index < -0.39 is 28.9 Å². The van der Waals surface area contributed by atoms with Crippen LogP contribution in [-0.2, 0) is 9.59 Å². The fourth-order valence-electron chi connectivity index (χ4n) is 2.25. The van der Waals surface area contributed by atoms with Gasteiger partial charge in [0.15, 0.2) is 6.10 Å². The molecule has 1 aliphatic rings. The number of nitrogens with zero attached hydrogens (tertiary/aromatic N) is 2. The fraction of sp³-hybridized carbons (Fsp3) is 0.385. The number of anilines is 1. The van der Waals surface area contributed by atoms with Crippen molar-refractivity contribution in [3.8, 4) is 5.75 Å². The zero-order chi connectivity index (χ0) is 15.7. The van der Waals surface area contributed by atoms with E-state index in [2.05, 4.69) is 0 Å². The average molecular weight is 294 g/mol. The summed E-state index contributed by atoms with van der Waals surface area (Å²) in [6, 6.07) is 2.69. The van der Waals surface area contributed by atoms with Crippen LogP contribution in [0.4, 0.5) is 11.4 Å². The van der Waals surface area contributed by atoms with Crippen molar-refractivity contribution >= 4 is 23.3 Å². The molecule has 1 amide bonds. The van der Waals surface area contributed by atoms with Crippen LogP contribution < -0.4 is 9.64 Å².